The number of hydrogen-bond acceptors (Lipinski definition) is 5. The van der Waals surface area contributed by atoms with E-state index in [1.165, 1.54) is 5.56 Å². The number of nitrogens with zero attached hydrogens (tertiary/aromatic N) is 3. The molecule has 0 aliphatic carbocycles. The van der Waals surface area contributed by atoms with Crippen molar-refractivity contribution in [3.05, 3.63) is 59.9 Å². The van der Waals surface area contributed by atoms with Gasteiger partial charge in [0.05, 0.1) is 0 Å². The Labute approximate surface area is 122 Å². The van der Waals surface area contributed by atoms with E-state index in [0.717, 1.165) is 11.5 Å². The van der Waals surface area contributed by atoms with Gasteiger partial charge >= 0.3 is 0 Å². The number of anilines is 3. The van der Waals surface area contributed by atoms with Crippen molar-refractivity contribution in [1.29, 1.82) is 0 Å². The second-order valence-corrected chi connectivity index (χ2v) is 4.67. The van der Waals surface area contributed by atoms with Gasteiger partial charge in [-0.2, -0.15) is 10.1 Å². The predicted molar refractivity (Wildman–Crippen MR) is 82.4 cm³/mol. The van der Waals surface area contributed by atoms with Gasteiger partial charge in [0.2, 0.25) is 5.95 Å². The second-order valence-electron chi connectivity index (χ2n) is 4.67. The Hall–Kier alpha value is -2.89. The Kier molecular flexibility index (Phi) is 3.77. The van der Waals surface area contributed by atoms with Crippen LogP contribution in [-0.4, -0.2) is 20.2 Å². The number of aryl methyl sites for hydroxylation is 1. The lowest BCUT2D eigenvalue weighted by Gasteiger charge is -2.07. The van der Waals surface area contributed by atoms with Crippen LogP contribution in [0.2, 0.25) is 0 Å². The highest BCUT2D eigenvalue weighted by Gasteiger charge is 2.02. The number of rotatable bonds is 5. The van der Waals surface area contributed by atoms with Gasteiger partial charge in [-0.25, -0.2) is 4.98 Å². The van der Waals surface area contributed by atoms with Crippen molar-refractivity contribution >= 4 is 17.6 Å². The topological polar surface area (TPSA) is 78.5 Å². The third-order valence-corrected chi connectivity index (χ3v) is 2.91. The Morgan fingerprint density at radius 2 is 1.95 bits per heavy atom. The van der Waals surface area contributed by atoms with E-state index >= 15 is 0 Å². The molecule has 0 bridgehead atoms. The number of nitrogens with one attached hydrogen (secondary N) is 3. The molecule has 0 saturated carbocycles. The SMILES string of the molecule is Cc1cc(Nc2ccnc(NCc3ccccc3)n2)n[nH]1. The average molecular weight is 280 g/mol. The van der Waals surface area contributed by atoms with Crippen LogP contribution >= 0.6 is 0 Å². The second kappa shape index (κ2) is 6.04. The van der Waals surface area contributed by atoms with Gasteiger partial charge in [0.15, 0.2) is 5.82 Å². The van der Waals surface area contributed by atoms with E-state index in [-0.39, 0.29) is 0 Å². The summed E-state index contributed by atoms with van der Waals surface area (Å²) in [5, 5.41) is 13.3. The fraction of sp³-hybridized carbons (Fsp3) is 0.133. The fourth-order valence-electron chi connectivity index (χ4n) is 1.90. The first-order valence-electron chi connectivity index (χ1n) is 6.69. The monoisotopic (exact) mass is 280 g/mol. The Morgan fingerprint density at radius 3 is 2.71 bits per heavy atom. The summed E-state index contributed by atoms with van der Waals surface area (Å²) in [4.78, 5) is 8.62. The summed E-state index contributed by atoms with van der Waals surface area (Å²) in [5.41, 5.74) is 2.18. The van der Waals surface area contributed by atoms with E-state index in [0.29, 0.717) is 18.3 Å². The molecular weight excluding hydrogens is 264 g/mol. The van der Waals surface area contributed by atoms with Crippen LogP contribution < -0.4 is 10.6 Å². The van der Waals surface area contributed by atoms with Crippen LogP contribution in [0.25, 0.3) is 0 Å². The third-order valence-electron chi connectivity index (χ3n) is 2.91. The van der Waals surface area contributed by atoms with Crippen molar-refractivity contribution in [1.82, 2.24) is 20.2 Å². The molecule has 3 aromatic rings. The minimum atomic E-state index is 0.580. The average Bonchev–Trinajstić information content (AvgIpc) is 2.92. The number of aromatic amines is 1. The number of hydrogen-bond donors (Lipinski definition) is 3. The minimum Gasteiger partial charge on any atom is -0.350 e. The molecule has 3 rings (SSSR count). The number of benzene rings is 1. The molecule has 0 aliphatic rings. The predicted octanol–water partition coefficient (Wildman–Crippen LogP) is 2.86. The lowest BCUT2D eigenvalue weighted by molar-refractivity contribution is 1.04. The van der Waals surface area contributed by atoms with Crippen LogP contribution in [0.4, 0.5) is 17.6 Å². The van der Waals surface area contributed by atoms with Crippen LogP contribution in [0.15, 0.2) is 48.7 Å². The van der Waals surface area contributed by atoms with E-state index in [9.17, 15) is 0 Å². The van der Waals surface area contributed by atoms with Crippen molar-refractivity contribution in [3.63, 3.8) is 0 Å². The number of aromatic nitrogens is 4. The maximum Gasteiger partial charge on any atom is 0.224 e. The highest BCUT2D eigenvalue weighted by molar-refractivity contribution is 5.52. The maximum atomic E-state index is 4.41. The van der Waals surface area contributed by atoms with Gasteiger partial charge in [0, 0.05) is 24.5 Å². The Bertz CT molecular complexity index is 707. The molecule has 6 nitrogen and oxygen atoms in total. The van der Waals surface area contributed by atoms with Gasteiger partial charge in [-0.05, 0) is 18.6 Å². The molecule has 6 heteroatoms. The zero-order valence-electron chi connectivity index (χ0n) is 11.7. The first kappa shape index (κ1) is 13.1. The summed E-state index contributed by atoms with van der Waals surface area (Å²) in [6, 6.07) is 13.8. The molecule has 1 aromatic carbocycles. The van der Waals surface area contributed by atoms with Crippen molar-refractivity contribution in [2.75, 3.05) is 10.6 Å². The van der Waals surface area contributed by atoms with E-state index in [1.54, 1.807) is 12.3 Å². The first-order valence-corrected chi connectivity index (χ1v) is 6.69. The summed E-state index contributed by atoms with van der Waals surface area (Å²) < 4.78 is 0. The first-order chi connectivity index (χ1) is 10.3. The van der Waals surface area contributed by atoms with E-state index in [1.807, 2.05) is 31.2 Å². The van der Waals surface area contributed by atoms with Crippen LogP contribution in [0, 0.1) is 6.92 Å². The molecule has 3 N–H and O–H groups in total. The van der Waals surface area contributed by atoms with Gasteiger partial charge in [-0.3, -0.25) is 5.10 Å². The quantitative estimate of drug-likeness (QED) is 0.669. The normalized spacial score (nSPS) is 10.3. The molecular formula is C15H16N6. The lowest BCUT2D eigenvalue weighted by Crippen LogP contribution is -2.04. The van der Waals surface area contributed by atoms with Crippen molar-refractivity contribution < 1.29 is 0 Å². The van der Waals surface area contributed by atoms with Gasteiger partial charge < -0.3 is 10.6 Å². The summed E-state index contributed by atoms with van der Waals surface area (Å²) in [5.74, 6) is 2.02. The maximum absolute atomic E-state index is 4.41. The Morgan fingerprint density at radius 1 is 1.10 bits per heavy atom. The van der Waals surface area contributed by atoms with Crippen molar-refractivity contribution in [2.45, 2.75) is 13.5 Å². The van der Waals surface area contributed by atoms with Gasteiger partial charge in [0.1, 0.15) is 5.82 Å². The van der Waals surface area contributed by atoms with E-state index in [2.05, 4.69) is 42.9 Å². The van der Waals surface area contributed by atoms with E-state index in [4.69, 9.17) is 0 Å². The molecule has 0 radical (unpaired) electrons. The molecule has 0 spiro atoms. The zero-order valence-corrected chi connectivity index (χ0v) is 11.7. The van der Waals surface area contributed by atoms with Gasteiger partial charge in [-0.15, -0.1) is 0 Å². The van der Waals surface area contributed by atoms with Crippen molar-refractivity contribution in [3.8, 4) is 0 Å². The van der Waals surface area contributed by atoms with Crippen LogP contribution in [0.3, 0.4) is 0 Å². The lowest BCUT2D eigenvalue weighted by atomic mass is 10.2. The molecule has 0 aliphatic heterocycles. The highest BCUT2D eigenvalue weighted by atomic mass is 15.2. The smallest absolute Gasteiger partial charge is 0.224 e. The molecule has 0 atom stereocenters. The van der Waals surface area contributed by atoms with Crippen molar-refractivity contribution in [2.24, 2.45) is 0 Å². The summed E-state index contributed by atoms with van der Waals surface area (Å²) in [7, 11) is 0. The summed E-state index contributed by atoms with van der Waals surface area (Å²) >= 11 is 0. The van der Waals surface area contributed by atoms with E-state index < -0.39 is 0 Å². The van der Waals surface area contributed by atoms with Crippen LogP contribution in [0.1, 0.15) is 11.3 Å². The summed E-state index contributed by atoms with van der Waals surface area (Å²) in [6.07, 6.45) is 1.71. The Balaban J connectivity index is 1.65. The molecule has 0 amide bonds. The molecule has 2 aromatic heterocycles. The molecule has 0 unspecified atom stereocenters. The highest BCUT2D eigenvalue weighted by Crippen LogP contribution is 2.13. The molecule has 106 valence electrons. The number of H-pyrrole nitrogens is 1. The van der Waals surface area contributed by atoms with Crippen LogP contribution in [-0.2, 0) is 6.54 Å². The molecule has 2 heterocycles. The standard InChI is InChI=1S/C15H16N6/c1-11-9-14(21-20-11)18-13-7-8-16-15(19-13)17-10-12-5-3-2-4-6-12/h2-9H,10H2,1H3,(H3,16,17,18,19,20,21). The van der Waals surface area contributed by atoms with Crippen LogP contribution in [0.5, 0.6) is 0 Å². The fourth-order valence-corrected chi connectivity index (χ4v) is 1.90. The third kappa shape index (κ3) is 3.56. The summed E-state index contributed by atoms with van der Waals surface area (Å²) in [6.45, 7) is 2.64. The molecule has 21 heavy (non-hydrogen) atoms. The molecule has 0 saturated heterocycles. The van der Waals surface area contributed by atoms with Gasteiger partial charge in [-0.1, -0.05) is 30.3 Å². The van der Waals surface area contributed by atoms with Gasteiger partial charge in [0.25, 0.3) is 0 Å². The molecule has 0 fully saturated rings. The minimum absolute atomic E-state index is 0.580. The largest absolute Gasteiger partial charge is 0.350 e. The zero-order chi connectivity index (χ0) is 14.5.